The van der Waals surface area contributed by atoms with Gasteiger partial charge in [-0.2, -0.15) is 0 Å². The number of hydrogen-bond donors (Lipinski definition) is 0. The second-order valence-electron chi connectivity index (χ2n) is 13.5. The lowest BCUT2D eigenvalue weighted by atomic mass is 9.91. The highest BCUT2D eigenvalue weighted by molar-refractivity contribution is 6.25. The third kappa shape index (κ3) is 4.20. The zero-order valence-corrected chi connectivity index (χ0v) is 27.7. The van der Waals surface area contributed by atoms with Gasteiger partial charge in [-0.15, -0.1) is 0 Å². The van der Waals surface area contributed by atoms with Gasteiger partial charge in [0.05, 0.1) is 11.0 Å². The molecule has 2 heteroatoms. The average molecular weight is 647 g/mol. The number of pyridine rings is 1. The molecule has 0 saturated heterocycles. The van der Waals surface area contributed by atoms with Crippen LogP contribution < -0.4 is 0 Å². The molecule has 0 aliphatic rings. The summed E-state index contributed by atoms with van der Waals surface area (Å²) in [6.45, 7) is 0. The van der Waals surface area contributed by atoms with E-state index in [4.69, 9.17) is 0 Å². The van der Waals surface area contributed by atoms with Gasteiger partial charge in [-0.05, 0) is 125 Å². The van der Waals surface area contributed by atoms with Crippen molar-refractivity contribution < 1.29 is 0 Å². The molecule has 51 heavy (non-hydrogen) atoms. The van der Waals surface area contributed by atoms with Crippen LogP contribution >= 0.6 is 0 Å². The maximum atomic E-state index is 4.30. The quantitative estimate of drug-likeness (QED) is 0.175. The topological polar surface area (TPSA) is 17.8 Å². The minimum atomic E-state index is 1.16. The molecule has 2 aromatic heterocycles. The fraction of sp³-hybridized carbons (Fsp3) is 0. The van der Waals surface area contributed by atoms with Crippen LogP contribution in [-0.2, 0) is 0 Å². The average Bonchev–Trinajstić information content (AvgIpc) is 3.54. The van der Waals surface area contributed by atoms with Gasteiger partial charge in [0.25, 0.3) is 0 Å². The Kier molecular flexibility index (Phi) is 5.99. The van der Waals surface area contributed by atoms with E-state index in [0.717, 1.165) is 5.69 Å². The molecule has 0 atom stereocenters. The molecule has 0 N–H and O–H groups in total. The molecule has 0 unspecified atom stereocenters. The van der Waals surface area contributed by atoms with Crippen molar-refractivity contribution in [3.63, 3.8) is 0 Å². The fourth-order valence-corrected chi connectivity index (χ4v) is 8.52. The van der Waals surface area contributed by atoms with Gasteiger partial charge >= 0.3 is 0 Å². The van der Waals surface area contributed by atoms with Crippen LogP contribution in [0.1, 0.15) is 0 Å². The predicted octanol–water partition coefficient (Wildman–Crippen LogP) is 13.3. The van der Waals surface area contributed by atoms with Gasteiger partial charge in [-0.3, -0.25) is 4.98 Å². The van der Waals surface area contributed by atoms with Gasteiger partial charge in [0.15, 0.2) is 0 Å². The second-order valence-corrected chi connectivity index (χ2v) is 13.5. The van der Waals surface area contributed by atoms with Crippen molar-refractivity contribution >= 4 is 75.7 Å². The standard InChI is InChI=1S/C49H30N2/c1-2-10-36-34(9-1)28-45(31-23-25-50-26-24-31)46-27-32(17-20-41(36)46)33-18-21-44-43-15-7-8-16-48(43)51(49(44)29-33)35-19-22-42-39-13-4-3-11-37(39)38-12-5-6-14-40(38)47(42)30-35/h1-30H. The Morgan fingerprint density at radius 2 is 0.843 bits per heavy atom. The number of para-hydroxylation sites is 1. The molecule has 0 saturated carbocycles. The Labute approximate surface area is 294 Å². The molecular formula is C49H30N2. The highest BCUT2D eigenvalue weighted by atomic mass is 15.0. The van der Waals surface area contributed by atoms with Gasteiger partial charge < -0.3 is 4.57 Å². The molecule has 0 aliphatic heterocycles. The van der Waals surface area contributed by atoms with Crippen LogP contribution in [0.25, 0.3) is 104 Å². The molecule has 2 heterocycles. The normalized spacial score (nSPS) is 11.9. The monoisotopic (exact) mass is 646 g/mol. The van der Waals surface area contributed by atoms with E-state index in [1.807, 2.05) is 12.4 Å². The summed E-state index contributed by atoms with van der Waals surface area (Å²) in [6.07, 6.45) is 3.76. The Bertz CT molecular complexity index is 3150. The van der Waals surface area contributed by atoms with E-state index in [1.165, 1.54) is 97.9 Å². The van der Waals surface area contributed by atoms with E-state index in [1.54, 1.807) is 0 Å². The van der Waals surface area contributed by atoms with E-state index >= 15 is 0 Å². The van der Waals surface area contributed by atoms with Crippen LogP contribution in [0.15, 0.2) is 182 Å². The molecule has 0 spiro atoms. The zero-order valence-electron chi connectivity index (χ0n) is 27.7. The first-order chi connectivity index (χ1) is 25.3. The summed E-state index contributed by atoms with van der Waals surface area (Å²) in [5.74, 6) is 0. The summed E-state index contributed by atoms with van der Waals surface area (Å²) in [5.41, 5.74) is 8.35. The van der Waals surface area contributed by atoms with Crippen LogP contribution in [0.5, 0.6) is 0 Å². The van der Waals surface area contributed by atoms with E-state index < -0.39 is 0 Å². The van der Waals surface area contributed by atoms with Crippen molar-refractivity contribution in [2.24, 2.45) is 0 Å². The number of nitrogens with zero attached hydrogens (tertiary/aromatic N) is 2. The number of hydrogen-bond acceptors (Lipinski definition) is 1. The summed E-state index contributed by atoms with van der Waals surface area (Å²) in [4.78, 5) is 4.30. The van der Waals surface area contributed by atoms with Crippen molar-refractivity contribution in [3.8, 4) is 27.9 Å². The molecule has 0 amide bonds. The van der Waals surface area contributed by atoms with Crippen LogP contribution in [0, 0.1) is 0 Å². The molecular weight excluding hydrogens is 617 g/mol. The Morgan fingerprint density at radius 1 is 0.314 bits per heavy atom. The third-order valence-corrected chi connectivity index (χ3v) is 10.8. The lowest BCUT2D eigenvalue weighted by molar-refractivity contribution is 1.19. The molecule has 0 radical (unpaired) electrons. The lowest BCUT2D eigenvalue weighted by Crippen LogP contribution is -1.95. The van der Waals surface area contributed by atoms with Gasteiger partial charge in [-0.1, -0.05) is 121 Å². The first kappa shape index (κ1) is 28.1. The molecule has 0 aliphatic carbocycles. The fourth-order valence-electron chi connectivity index (χ4n) is 8.52. The summed E-state index contributed by atoms with van der Waals surface area (Å²) < 4.78 is 2.45. The molecule has 0 bridgehead atoms. The van der Waals surface area contributed by atoms with Crippen molar-refractivity contribution in [1.82, 2.24) is 9.55 Å². The maximum Gasteiger partial charge on any atom is 0.0547 e. The van der Waals surface area contributed by atoms with Crippen LogP contribution in [0.4, 0.5) is 0 Å². The predicted molar refractivity (Wildman–Crippen MR) is 217 cm³/mol. The van der Waals surface area contributed by atoms with Crippen molar-refractivity contribution in [2.75, 3.05) is 0 Å². The molecule has 236 valence electrons. The number of rotatable bonds is 3. The minimum absolute atomic E-state index is 1.16. The number of fused-ring (bicyclic) bond motifs is 12. The number of aromatic nitrogens is 2. The summed E-state index contributed by atoms with van der Waals surface area (Å²) >= 11 is 0. The van der Waals surface area contributed by atoms with Crippen molar-refractivity contribution in [2.45, 2.75) is 0 Å². The first-order valence-corrected chi connectivity index (χ1v) is 17.5. The van der Waals surface area contributed by atoms with Gasteiger partial charge in [0, 0.05) is 28.9 Å². The Balaban J connectivity index is 1.16. The van der Waals surface area contributed by atoms with Crippen LogP contribution in [0.3, 0.4) is 0 Å². The van der Waals surface area contributed by atoms with Crippen LogP contribution in [0.2, 0.25) is 0 Å². The van der Waals surface area contributed by atoms with Gasteiger partial charge in [0.2, 0.25) is 0 Å². The summed E-state index contributed by atoms with van der Waals surface area (Å²) in [7, 11) is 0. The Hall–Kier alpha value is -6.77. The van der Waals surface area contributed by atoms with E-state index in [0.29, 0.717) is 0 Å². The smallest absolute Gasteiger partial charge is 0.0547 e. The minimum Gasteiger partial charge on any atom is -0.309 e. The van der Waals surface area contributed by atoms with E-state index in [9.17, 15) is 0 Å². The first-order valence-electron chi connectivity index (χ1n) is 17.5. The molecule has 9 aromatic carbocycles. The second kappa shape index (κ2) is 10.9. The third-order valence-electron chi connectivity index (χ3n) is 10.8. The zero-order chi connectivity index (χ0) is 33.5. The van der Waals surface area contributed by atoms with E-state index in [-0.39, 0.29) is 0 Å². The number of benzene rings is 9. The highest BCUT2D eigenvalue weighted by Crippen LogP contribution is 2.41. The lowest BCUT2D eigenvalue weighted by Gasteiger charge is -2.14. The van der Waals surface area contributed by atoms with Gasteiger partial charge in [0.1, 0.15) is 0 Å². The summed E-state index contributed by atoms with van der Waals surface area (Å²) in [5, 5.41) is 15.2. The maximum absolute atomic E-state index is 4.30. The largest absolute Gasteiger partial charge is 0.309 e. The van der Waals surface area contributed by atoms with Crippen molar-refractivity contribution in [1.29, 1.82) is 0 Å². The molecule has 11 aromatic rings. The molecule has 2 nitrogen and oxygen atoms in total. The molecule has 11 rings (SSSR count). The summed E-state index contributed by atoms with van der Waals surface area (Å²) in [6, 6.07) is 62.6. The highest BCUT2D eigenvalue weighted by Gasteiger charge is 2.16. The van der Waals surface area contributed by atoms with Crippen molar-refractivity contribution in [3.05, 3.63) is 182 Å². The van der Waals surface area contributed by atoms with E-state index in [2.05, 4.69) is 179 Å². The SMILES string of the molecule is c1ccc2c(c1)cc(-c1ccncc1)c1cc(-c3ccc4c5ccccc5n(-c5ccc6c7ccccc7c7ccccc7c6c5)c4c3)ccc12. The van der Waals surface area contributed by atoms with Crippen LogP contribution in [-0.4, -0.2) is 9.55 Å². The molecule has 0 fully saturated rings. The Morgan fingerprint density at radius 3 is 1.59 bits per heavy atom. The van der Waals surface area contributed by atoms with Gasteiger partial charge in [-0.25, -0.2) is 0 Å².